The summed E-state index contributed by atoms with van der Waals surface area (Å²) in [5, 5.41) is 3.10. The Labute approximate surface area is 217 Å². The number of para-hydroxylation sites is 1. The second kappa shape index (κ2) is 14.7. The number of carbonyl (C=O) groups excluding carboxylic acids is 1. The molecule has 0 aliphatic heterocycles. The van der Waals surface area contributed by atoms with Crippen LogP contribution in [0.5, 0.6) is 5.75 Å². The van der Waals surface area contributed by atoms with Gasteiger partial charge in [0.1, 0.15) is 24.1 Å². The van der Waals surface area contributed by atoms with Crippen molar-refractivity contribution in [3.8, 4) is 18.1 Å². The van der Waals surface area contributed by atoms with E-state index in [9.17, 15) is 14.4 Å². The summed E-state index contributed by atoms with van der Waals surface area (Å²) in [6, 6.07) is 9.66. The second-order valence-electron chi connectivity index (χ2n) is 8.79. The first-order chi connectivity index (χ1) is 17.9. The molecule has 1 saturated carbocycles. The number of terminal acetylenes is 1. The van der Waals surface area contributed by atoms with Gasteiger partial charge in [0, 0.05) is 18.7 Å². The standard InChI is InChI=1S/C26H34N3O7P/c1-4-11-23(34-20(3)29-17-16-24(30)27-26(29)32)18-33-37(36-22-14-9-6-10-15-22)28-19(2)25(31)35-21-12-7-5-8-13-21/h1,6,9-10,14-17,19-21,23,28H,5,7-8,11-13,18H2,2-3H3,(H,27,30,32). The summed E-state index contributed by atoms with van der Waals surface area (Å²) in [4.78, 5) is 38.4. The number of nitrogens with zero attached hydrogens (tertiary/aromatic N) is 1. The molecular formula is C26H34N3O7P. The molecule has 1 heterocycles. The lowest BCUT2D eigenvalue weighted by atomic mass is 9.98. The van der Waals surface area contributed by atoms with Crippen molar-refractivity contribution >= 4 is 14.5 Å². The monoisotopic (exact) mass is 531 g/mol. The van der Waals surface area contributed by atoms with E-state index in [2.05, 4.69) is 16.0 Å². The molecular weight excluding hydrogens is 497 g/mol. The van der Waals surface area contributed by atoms with Gasteiger partial charge in [-0.05, 0) is 51.7 Å². The number of hydrogen-bond acceptors (Lipinski definition) is 8. The van der Waals surface area contributed by atoms with Crippen LogP contribution >= 0.6 is 8.53 Å². The topological polar surface area (TPSA) is 121 Å². The molecule has 37 heavy (non-hydrogen) atoms. The molecule has 200 valence electrons. The van der Waals surface area contributed by atoms with Gasteiger partial charge in [0.2, 0.25) is 0 Å². The van der Waals surface area contributed by atoms with Crippen molar-refractivity contribution in [2.24, 2.45) is 0 Å². The van der Waals surface area contributed by atoms with Gasteiger partial charge in [0.25, 0.3) is 5.56 Å². The Bertz CT molecular complexity index is 1140. The van der Waals surface area contributed by atoms with Crippen molar-refractivity contribution in [3.63, 3.8) is 0 Å². The molecule has 0 bridgehead atoms. The number of ether oxygens (including phenoxy) is 2. The smallest absolute Gasteiger partial charge is 0.330 e. The van der Waals surface area contributed by atoms with Gasteiger partial charge in [-0.2, -0.15) is 0 Å². The largest absolute Gasteiger partial charge is 0.461 e. The van der Waals surface area contributed by atoms with Crippen molar-refractivity contribution in [1.29, 1.82) is 0 Å². The highest BCUT2D eigenvalue weighted by Crippen LogP contribution is 2.37. The minimum atomic E-state index is -1.78. The predicted octanol–water partition coefficient (Wildman–Crippen LogP) is 3.64. The Morgan fingerprint density at radius 3 is 2.59 bits per heavy atom. The van der Waals surface area contributed by atoms with Crippen molar-refractivity contribution in [2.45, 2.75) is 76.9 Å². The Morgan fingerprint density at radius 1 is 1.19 bits per heavy atom. The number of hydrogen-bond donors (Lipinski definition) is 2. The Kier molecular flexibility index (Phi) is 11.4. The molecule has 10 nitrogen and oxygen atoms in total. The summed E-state index contributed by atoms with van der Waals surface area (Å²) in [5.41, 5.74) is -1.09. The number of aromatic amines is 1. The third kappa shape index (κ3) is 9.45. The normalized spacial score (nSPS) is 17.2. The first-order valence-electron chi connectivity index (χ1n) is 12.4. The summed E-state index contributed by atoms with van der Waals surface area (Å²) < 4.78 is 24.9. The van der Waals surface area contributed by atoms with E-state index in [1.165, 1.54) is 23.3 Å². The lowest BCUT2D eigenvalue weighted by Crippen LogP contribution is -2.37. The van der Waals surface area contributed by atoms with E-state index in [0.29, 0.717) is 5.75 Å². The van der Waals surface area contributed by atoms with Crippen LogP contribution in [0.1, 0.15) is 58.6 Å². The molecule has 0 radical (unpaired) electrons. The number of esters is 1. The van der Waals surface area contributed by atoms with Gasteiger partial charge in [-0.25, -0.2) is 9.88 Å². The zero-order valence-electron chi connectivity index (χ0n) is 21.1. The highest BCUT2D eigenvalue weighted by molar-refractivity contribution is 7.45. The highest BCUT2D eigenvalue weighted by atomic mass is 31.2. The highest BCUT2D eigenvalue weighted by Gasteiger charge is 2.27. The molecule has 1 aliphatic rings. The van der Waals surface area contributed by atoms with Crippen LogP contribution in [0.15, 0.2) is 52.2 Å². The molecule has 1 aromatic heterocycles. The van der Waals surface area contributed by atoms with Crippen molar-refractivity contribution < 1.29 is 23.3 Å². The third-order valence-corrected chi connectivity index (χ3v) is 7.13. The van der Waals surface area contributed by atoms with E-state index in [1.807, 2.05) is 18.2 Å². The number of H-pyrrole nitrogens is 1. The van der Waals surface area contributed by atoms with Gasteiger partial charge in [-0.3, -0.25) is 19.1 Å². The van der Waals surface area contributed by atoms with Crippen LogP contribution in [-0.2, 0) is 18.8 Å². The molecule has 4 atom stereocenters. The first kappa shape index (κ1) is 28.6. The molecule has 1 aromatic carbocycles. The molecule has 0 amide bonds. The van der Waals surface area contributed by atoms with E-state index in [0.717, 1.165) is 25.7 Å². The van der Waals surface area contributed by atoms with E-state index >= 15 is 0 Å². The van der Waals surface area contributed by atoms with E-state index in [4.69, 9.17) is 24.9 Å². The molecule has 0 spiro atoms. The maximum Gasteiger partial charge on any atom is 0.330 e. The maximum absolute atomic E-state index is 12.7. The van der Waals surface area contributed by atoms with Gasteiger partial charge in [0.05, 0.1) is 12.7 Å². The van der Waals surface area contributed by atoms with Crippen LogP contribution in [0.3, 0.4) is 0 Å². The lowest BCUT2D eigenvalue weighted by Gasteiger charge is -2.27. The van der Waals surface area contributed by atoms with E-state index in [1.54, 1.807) is 26.0 Å². The van der Waals surface area contributed by atoms with Gasteiger partial charge in [0.15, 0.2) is 0 Å². The summed E-state index contributed by atoms with van der Waals surface area (Å²) >= 11 is 0. The third-order valence-electron chi connectivity index (χ3n) is 5.77. The van der Waals surface area contributed by atoms with Gasteiger partial charge >= 0.3 is 20.2 Å². The van der Waals surface area contributed by atoms with Crippen molar-refractivity contribution in [3.05, 3.63) is 63.4 Å². The lowest BCUT2D eigenvalue weighted by molar-refractivity contribution is -0.152. The number of aromatic nitrogens is 2. The number of carbonyl (C=O) groups is 1. The summed E-state index contributed by atoms with van der Waals surface area (Å²) in [5.74, 6) is 2.76. The quantitative estimate of drug-likeness (QED) is 0.228. The fourth-order valence-electron chi connectivity index (χ4n) is 3.81. The molecule has 11 heteroatoms. The number of rotatable bonds is 13. The molecule has 4 unspecified atom stereocenters. The first-order valence-corrected chi connectivity index (χ1v) is 13.6. The Balaban J connectivity index is 1.64. The molecule has 2 aromatic rings. The van der Waals surface area contributed by atoms with Gasteiger partial charge < -0.3 is 18.5 Å². The van der Waals surface area contributed by atoms with Crippen LogP contribution < -0.4 is 20.9 Å². The number of benzene rings is 1. The Hall–Kier alpha value is -2.96. The van der Waals surface area contributed by atoms with Crippen LogP contribution in [0.25, 0.3) is 0 Å². The van der Waals surface area contributed by atoms with E-state index < -0.39 is 38.1 Å². The van der Waals surface area contributed by atoms with Gasteiger partial charge in [-0.1, -0.05) is 24.6 Å². The minimum absolute atomic E-state index is 0.0303. The summed E-state index contributed by atoms with van der Waals surface area (Å²) in [6.07, 6.45) is 10.8. The number of nitrogens with one attached hydrogen (secondary N) is 2. The predicted molar refractivity (Wildman–Crippen MR) is 140 cm³/mol. The fraction of sp³-hybridized carbons (Fsp3) is 0.500. The molecule has 0 saturated heterocycles. The SMILES string of the molecule is C#CCC(COP(NC(C)C(=O)OC1CCCCC1)Oc1ccccc1)OC(C)n1ccc(=O)[nH]c1=O. The molecule has 1 fully saturated rings. The Morgan fingerprint density at radius 2 is 1.92 bits per heavy atom. The van der Waals surface area contributed by atoms with Crippen molar-refractivity contribution in [1.82, 2.24) is 14.6 Å². The maximum atomic E-state index is 12.7. The zero-order valence-corrected chi connectivity index (χ0v) is 22.0. The molecule has 2 N–H and O–H groups in total. The van der Waals surface area contributed by atoms with Gasteiger partial charge in [-0.15, -0.1) is 12.3 Å². The average molecular weight is 532 g/mol. The van der Waals surface area contributed by atoms with Crippen LogP contribution in [-0.4, -0.2) is 40.4 Å². The van der Waals surface area contributed by atoms with Crippen molar-refractivity contribution in [2.75, 3.05) is 6.61 Å². The molecule has 3 rings (SSSR count). The average Bonchev–Trinajstić information content (AvgIpc) is 2.88. The van der Waals surface area contributed by atoms with Crippen LogP contribution in [0, 0.1) is 12.3 Å². The molecule has 1 aliphatic carbocycles. The fourth-order valence-corrected chi connectivity index (χ4v) is 5.03. The van der Waals surface area contributed by atoms with Crippen LogP contribution in [0.4, 0.5) is 0 Å². The van der Waals surface area contributed by atoms with E-state index in [-0.39, 0.29) is 25.1 Å². The summed E-state index contributed by atoms with van der Waals surface area (Å²) in [6.45, 7) is 3.40. The van der Waals surface area contributed by atoms with Crippen LogP contribution in [0.2, 0.25) is 0 Å². The second-order valence-corrected chi connectivity index (χ2v) is 10.0. The summed E-state index contributed by atoms with van der Waals surface area (Å²) in [7, 11) is -1.78. The minimum Gasteiger partial charge on any atom is -0.461 e. The zero-order chi connectivity index (χ0) is 26.6.